The summed E-state index contributed by atoms with van der Waals surface area (Å²) in [5.41, 5.74) is 2.05. The molecule has 0 amide bonds. The highest BCUT2D eigenvalue weighted by Crippen LogP contribution is 2.63. The first-order valence-electron chi connectivity index (χ1n) is 6.57. The summed E-state index contributed by atoms with van der Waals surface area (Å²) < 4.78 is 11.2. The summed E-state index contributed by atoms with van der Waals surface area (Å²) >= 11 is 0. The van der Waals surface area contributed by atoms with Gasteiger partial charge in [-0.2, -0.15) is 0 Å². The first-order chi connectivity index (χ1) is 7.81. The molecule has 0 aromatic rings. The molecule has 3 aliphatic rings. The van der Waals surface area contributed by atoms with Crippen LogP contribution in [0.3, 0.4) is 0 Å². The van der Waals surface area contributed by atoms with Gasteiger partial charge >= 0.3 is 0 Å². The van der Waals surface area contributed by atoms with E-state index in [1.54, 1.807) is 19.8 Å². The fourth-order valence-corrected chi connectivity index (χ4v) is 4.68. The molecule has 0 radical (unpaired) electrons. The van der Waals surface area contributed by atoms with Crippen molar-refractivity contribution in [1.29, 1.82) is 0 Å². The van der Waals surface area contributed by atoms with Crippen molar-refractivity contribution in [3.8, 4) is 0 Å². The Morgan fingerprint density at radius 3 is 2.88 bits per heavy atom. The number of methoxy groups -OCH3 is 2. The van der Waals surface area contributed by atoms with Crippen LogP contribution in [0.15, 0.2) is 11.6 Å². The Hall–Kier alpha value is -0.340. The Morgan fingerprint density at radius 1 is 1.31 bits per heavy atom. The van der Waals surface area contributed by atoms with Gasteiger partial charge in [0.2, 0.25) is 0 Å². The summed E-state index contributed by atoms with van der Waals surface area (Å²) in [6.07, 6.45) is 10.4. The summed E-state index contributed by atoms with van der Waals surface area (Å²) in [4.78, 5) is 0. The van der Waals surface area contributed by atoms with E-state index in [-0.39, 0.29) is 6.29 Å². The Labute approximate surface area is 98.0 Å². The monoisotopic (exact) mass is 222 g/mol. The first kappa shape index (κ1) is 10.8. The molecule has 0 aliphatic heterocycles. The van der Waals surface area contributed by atoms with E-state index in [9.17, 15) is 0 Å². The van der Waals surface area contributed by atoms with Gasteiger partial charge in [0, 0.05) is 19.6 Å². The van der Waals surface area contributed by atoms with Gasteiger partial charge < -0.3 is 9.47 Å². The molecule has 2 heteroatoms. The zero-order valence-corrected chi connectivity index (χ0v) is 10.4. The molecule has 3 atom stereocenters. The maximum absolute atomic E-state index is 5.62. The van der Waals surface area contributed by atoms with Gasteiger partial charge in [0.25, 0.3) is 0 Å². The highest BCUT2D eigenvalue weighted by molar-refractivity contribution is 5.28. The lowest BCUT2D eigenvalue weighted by atomic mass is 9.70. The average molecular weight is 222 g/mol. The molecule has 0 heterocycles. The van der Waals surface area contributed by atoms with Gasteiger partial charge in [-0.05, 0) is 43.9 Å². The van der Waals surface area contributed by atoms with Gasteiger partial charge in [-0.15, -0.1) is 0 Å². The molecule has 16 heavy (non-hydrogen) atoms. The molecular weight excluding hydrogens is 200 g/mol. The molecule has 0 spiro atoms. The summed E-state index contributed by atoms with van der Waals surface area (Å²) in [7, 11) is 3.59. The van der Waals surface area contributed by atoms with Crippen molar-refractivity contribution >= 4 is 0 Å². The number of hydrogen-bond acceptors (Lipinski definition) is 2. The summed E-state index contributed by atoms with van der Waals surface area (Å²) in [5.74, 6) is 1.60. The predicted octanol–water partition coefficient (Wildman–Crippen LogP) is 3.13. The zero-order valence-electron chi connectivity index (χ0n) is 10.4. The number of rotatable bonds is 3. The van der Waals surface area contributed by atoms with Gasteiger partial charge in [0.1, 0.15) is 0 Å². The second-order valence-corrected chi connectivity index (χ2v) is 5.66. The van der Waals surface area contributed by atoms with Gasteiger partial charge in [0.05, 0.1) is 0 Å². The minimum Gasteiger partial charge on any atom is -0.355 e. The van der Waals surface area contributed by atoms with Crippen LogP contribution >= 0.6 is 0 Å². The summed E-state index contributed by atoms with van der Waals surface area (Å²) in [5, 5.41) is 0. The summed E-state index contributed by atoms with van der Waals surface area (Å²) in [6, 6.07) is 0. The minimum absolute atomic E-state index is 0.00398. The molecule has 90 valence electrons. The maximum Gasteiger partial charge on any atom is 0.162 e. The molecule has 0 N–H and O–H groups in total. The molecule has 2 bridgehead atoms. The van der Waals surface area contributed by atoms with Crippen LogP contribution in [0.4, 0.5) is 0 Å². The largest absolute Gasteiger partial charge is 0.355 e. The third-order valence-electron chi connectivity index (χ3n) is 5.12. The molecule has 3 rings (SSSR count). The highest BCUT2D eigenvalue weighted by Gasteiger charge is 2.57. The topological polar surface area (TPSA) is 18.5 Å². The number of hydrogen-bond donors (Lipinski definition) is 0. The van der Waals surface area contributed by atoms with Crippen LogP contribution in [0.2, 0.25) is 0 Å². The fourth-order valence-electron chi connectivity index (χ4n) is 4.68. The molecule has 0 aromatic heterocycles. The van der Waals surface area contributed by atoms with E-state index in [4.69, 9.17) is 9.47 Å². The van der Waals surface area contributed by atoms with Crippen molar-refractivity contribution in [2.24, 2.45) is 17.3 Å². The lowest BCUT2D eigenvalue weighted by Crippen LogP contribution is -2.42. The maximum atomic E-state index is 5.62. The lowest BCUT2D eigenvalue weighted by molar-refractivity contribution is -0.196. The van der Waals surface area contributed by atoms with Crippen LogP contribution in [-0.4, -0.2) is 20.5 Å². The van der Waals surface area contributed by atoms with Crippen molar-refractivity contribution in [3.63, 3.8) is 0 Å². The van der Waals surface area contributed by atoms with Crippen LogP contribution in [-0.2, 0) is 9.47 Å². The average Bonchev–Trinajstić information content (AvgIpc) is 2.86. The molecule has 1 unspecified atom stereocenters. The van der Waals surface area contributed by atoms with Crippen LogP contribution < -0.4 is 0 Å². The van der Waals surface area contributed by atoms with E-state index in [0.717, 1.165) is 11.8 Å². The SMILES string of the molecule is COC(OC)[C@@]12CCC[C@@H](C1)C1=CCCC12. The van der Waals surface area contributed by atoms with Crippen LogP contribution in [0.25, 0.3) is 0 Å². The lowest BCUT2D eigenvalue weighted by Gasteiger charge is -2.41. The van der Waals surface area contributed by atoms with Gasteiger partial charge in [0.15, 0.2) is 6.29 Å². The molecular formula is C14H22O2. The molecule has 2 fully saturated rings. The van der Waals surface area contributed by atoms with E-state index < -0.39 is 0 Å². The Bertz CT molecular complexity index is 306. The van der Waals surface area contributed by atoms with E-state index >= 15 is 0 Å². The second-order valence-electron chi connectivity index (χ2n) is 5.66. The molecule has 2 saturated carbocycles. The highest BCUT2D eigenvalue weighted by atomic mass is 16.7. The minimum atomic E-state index is 0.00398. The van der Waals surface area contributed by atoms with Gasteiger partial charge in [-0.25, -0.2) is 0 Å². The van der Waals surface area contributed by atoms with Crippen molar-refractivity contribution < 1.29 is 9.47 Å². The molecule has 0 aromatic carbocycles. The third-order valence-corrected chi connectivity index (χ3v) is 5.12. The van der Waals surface area contributed by atoms with E-state index in [1.807, 2.05) is 0 Å². The Morgan fingerprint density at radius 2 is 2.12 bits per heavy atom. The van der Waals surface area contributed by atoms with Gasteiger partial charge in [-0.1, -0.05) is 18.1 Å². The normalized spacial score (nSPS) is 41.3. The quantitative estimate of drug-likeness (QED) is 0.539. The molecule has 0 saturated heterocycles. The Kier molecular flexibility index (Phi) is 2.60. The van der Waals surface area contributed by atoms with E-state index in [1.165, 1.54) is 38.5 Å². The molecule has 2 nitrogen and oxygen atoms in total. The molecule has 3 aliphatic carbocycles. The van der Waals surface area contributed by atoms with Crippen LogP contribution in [0.5, 0.6) is 0 Å². The third kappa shape index (κ3) is 1.26. The van der Waals surface area contributed by atoms with Crippen LogP contribution in [0, 0.1) is 17.3 Å². The fraction of sp³-hybridized carbons (Fsp3) is 0.857. The smallest absolute Gasteiger partial charge is 0.162 e. The predicted molar refractivity (Wildman–Crippen MR) is 63.0 cm³/mol. The van der Waals surface area contributed by atoms with Crippen molar-refractivity contribution in [2.45, 2.75) is 44.8 Å². The van der Waals surface area contributed by atoms with Crippen molar-refractivity contribution in [1.82, 2.24) is 0 Å². The zero-order chi connectivity index (χ0) is 11.2. The standard InChI is InChI=1S/C14H22O2/c1-15-13(16-2)14-8-4-5-10(9-14)11-6-3-7-12(11)14/h6,10,12-13H,3-5,7-9H2,1-2H3/t10-,12?,14-/m0/s1. The number of allylic oxidation sites excluding steroid dienone is 2. The van der Waals surface area contributed by atoms with Crippen LogP contribution in [0.1, 0.15) is 38.5 Å². The summed E-state index contributed by atoms with van der Waals surface area (Å²) in [6.45, 7) is 0. The Balaban J connectivity index is 1.96. The van der Waals surface area contributed by atoms with E-state index in [2.05, 4.69) is 6.08 Å². The second kappa shape index (κ2) is 3.85. The number of fused-ring (bicyclic) bond motifs is 5. The number of ether oxygens (including phenoxy) is 2. The van der Waals surface area contributed by atoms with E-state index in [0.29, 0.717) is 5.41 Å². The van der Waals surface area contributed by atoms with Crippen molar-refractivity contribution in [3.05, 3.63) is 11.6 Å². The van der Waals surface area contributed by atoms with Gasteiger partial charge in [-0.3, -0.25) is 0 Å². The first-order valence-corrected chi connectivity index (χ1v) is 6.57. The van der Waals surface area contributed by atoms with Crippen molar-refractivity contribution in [2.75, 3.05) is 14.2 Å².